The van der Waals surface area contributed by atoms with Crippen molar-refractivity contribution < 1.29 is 4.79 Å². The molecule has 18 heavy (non-hydrogen) atoms. The normalized spacial score (nSPS) is 26.4. The van der Waals surface area contributed by atoms with Crippen molar-refractivity contribution >= 4 is 34.2 Å². The summed E-state index contributed by atoms with van der Waals surface area (Å²) >= 11 is 4.15. The summed E-state index contributed by atoms with van der Waals surface area (Å²) in [5.41, 5.74) is 0. The van der Waals surface area contributed by atoms with Crippen LogP contribution in [0.1, 0.15) is 25.7 Å². The Kier molecular flexibility index (Phi) is 5.32. The van der Waals surface area contributed by atoms with Crippen molar-refractivity contribution in [3.63, 3.8) is 0 Å². The minimum atomic E-state index is -1.39. The van der Waals surface area contributed by atoms with E-state index in [1.807, 2.05) is 0 Å². The molecule has 0 saturated heterocycles. The van der Waals surface area contributed by atoms with Crippen molar-refractivity contribution in [3.8, 4) is 0 Å². The van der Waals surface area contributed by atoms with Crippen LogP contribution < -0.4 is 0 Å². The Morgan fingerprint density at radius 2 is 1.44 bits per heavy atom. The zero-order valence-corrected chi connectivity index (χ0v) is 15.7. The summed E-state index contributed by atoms with van der Waals surface area (Å²) in [6.07, 6.45) is 4.69. The maximum absolute atomic E-state index is 11.8. The molecule has 0 radical (unpaired) electrons. The number of carbonyl (C=O) groups excluding carboxylic acids is 1. The van der Waals surface area contributed by atoms with Crippen LogP contribution in [0.5, 0.6) is 0 Å². The van der Waals surface area contributed by atoms with Crippen LogP contribution in [0.25, 0.3) is 0 Å². The lowest BCUT2D eigenvalue weighted by Crippen LogP contribution is -2.65. The average molecular weight is 304 g/mol. The first-order valence-corrected chi connectivity index (χ1v) is 14.4. The molecule has 0 aromatic carbocycles. The van der Waals surface area contributed by atoms with Gasteiger partial charge in [0.05, 0.1) is 0 Å². The first-order valence-electron chi connectivity index (χ1n) is 7.07. The molecular weight excluding hydrogens is 274 g/mol. The molecule has 1 fully saturated rings. The van der Waals surface area contributed by atoms with Crippen molar-refractivity contribution in [2.75, 3.05) is 0 Å². The fraction of sp³-hybridized carbons (Fsp3) is 0.923. The van der Waals surface area contributed by atoms with E-state index in [4.69, 9.17) is 0 Å². The summed E-state index contributed by atoms with van der Waals surface area (Å²) in [7, 11) is -2.78. The molecular formula is C13H29NOSSi2. The molecule has 0 aromatic heterocycles. The number of thiol groups is 1. The molecule has 1 saturated carbocycles. The number of carbonyl (C=O) groups is 1. The van der Waals surface area contributed by atoms with Gasteiger partial charge in [-0.15, -0.1) is 12.6 Å². The Labute approximate surface area is 120 Å². The number of hydrogen-bond donors (Lipinski definition) is 1. The smallest absolute Gasteiger partial charge is 0.190 e. The van der Waals surface area contributed by atoms with E-state index in [-0.39, 0.29) is 11.0 Å². The molecule has 0 spiro atoms. The Morgan fingerprint density at radius 1 is 1.00 bits per heavy atom. The molecule has 1 aliphatic carbocycles. The van der Waals surface area contributed by atoms with Crippen LogP contribution in [-0.2, 0) is 4.79 Å². The standard InChI is InChI=1S/C13H29NOSSi2/c1-17(2,3)14(18(4,5)6)12-10-8-7-9-11(12)13(15)16/h11-12H,7-10H2,1-6H3,(H,15,16). The fourth-order valence-corrected chi connectivity index (χ4v) is 14.7. The van der Waals surface area contributed by atoms with E-state index < -0.39 is 16.5 Å². The quantitative estimate of drug-likeness (QED) is 0.626. The third-order valence-electron chi connectivity index (χ3n) is 3.82. The molecule has 0 bridgehead atoms. The third-order valence-corrected chi connectivity index (χ3v) is 11.7. The van der Waals surface area contributed by atoms with Crippen LogP contribution in [0.2, 0.25) is 39.3 Å². The second kappa shape index (κ2) is 5.81. The van der Waals surface area contributed by atoms with Crippen LogP contribution in [0.15, 0.2) is 0 Å². The van der Waals surface area contributed by atoms with Gasteiger partial charge in [0, 0.05) is 12.0 Å². The number of rotatable bonds is 4. The highest BCUT2D eigenvalue weighted by molar-refractivity contribution is 7.96. The van der Waals surface area contributed by atoms with E-state index >= 15 is 0 Å². The van der Waals surface area contributed by atoms with Crippen molar-refractivity contribution in [1.82, 2.24) is 4.23 Å². The van der Waals surface area contributed by atoms with E-state index in [0.717, 1.165) is 6.42 Å². The maximum atomic E-state index is 11.8. The van der Waals surface area contributed by atoms with Crippen molar-refractivity contribution in [1.29, 1.82) is 0 Å². The zero-order chi connectivity index (χ0) is 14.1. The zero-order valence-electron chi connectivity index (χ0n) is 12.8. The van der Waals surface area contributed by atoms with Crippen molar-refractivity contribution in [2.24, 2.45) is 5.92 Å². The van der Waals surface area contributed by atoms with Gasteiger partial charge in [-0.05, 0) is 12.8 Å². The van der Waals surface area contributed by atoms with Gasteiger partial charge in [-0.2, -0.15) is 0 Å². The summed E-state index contributed by atoms with van der Waals surface area (Å²) in [6, 6.07) is 0.460. The largest absolute Gasteiger partial charge is 0.342 e. The second-order valence-electron chi connectivity index (χ2n) is 7.51. The first-order chi connectivity index (χ1) is 8.05. The highest BCUT2D eigenvalue weighted by Crippen LogP contribution is 2.35. The monoisotopic (exact) mass is 303 g/mol. The molecule has 5 heteroatoms. The van der Waals surface area contributed by atoms with Gasteiger partial charge >= 0.3 is 0 Å². The van der Waals surface area contributed by atoms with E-state index in [2.05, 4.69) is 56.1 Å². The third kappa shape index (κ3) is 3.95. The minimum absolute atomic E-state index is 0.112. The van der Waals surface area contributed by atoms with Crippen LogP contribution >= 0.6 is 12.6 Å². The van der Waals surface area contributed by atoms with E-state index in [0.29, 0.717) is 6.04 Å². The summed E-state index contributed by atoms with van der Waals surface area (Å²) in [5, 5.41) is 0.112. The van der Waals surface area contributed by atoms with Crippen LogP contribution in [0.3, 0.4) is 0 Å². The van der Waals surface area contributed by atoms with Crippen LogP contribution in [-0.4, -0.2) is 31.9 Å². The molecule has 1 rings (SSSR count). The Bertz CT molecular complexity index is 295. The molecule has 0 amide bonds. The fourth-order valence-electron chi connectivity index (χ4n) is 3.71. The topological polar surface area (TPSA) is 20.3 Å². The maximum Gasteiger partial charge on any atom is 0.190 e. The molecule has 106 valence electrons. The van der Waals surface area contributed by atoms with E-state index in [1.54, 1.807) is 0 Å². The summed E-state index contributed by atoms with van der Waals surface area (Å²) in [6.45, 7) is 14.5. The van der Waals surface area contributed by atoms with Crippen molar-refractivity contribution in [3.05, 3.63) is 0 Å². The second-order valence-corrected chi connectivity index (χ2v) is 18.0. The molecule has 0 N–H and O–H groups in total. The van der Waals surface area contributed by atoms with E-state index in [1.165, 1.54) is 19.3 Å². The lowest BCUT2D eigenvalue weighted by molar-refractivity contribution is -0.116. The van der Waals surface area contributed by atoms with Crippen molar-refractivity contribution in [2.45, 2.75) is 71.0 Å². The highest BCUT2D eigenvalue weighted by Gasteiger charge is 2.44. The molecule has 2 atom stereocenters. The molecule has 1 aliphatic rings. The van der Waals surface area contributed by atoms with Gasteiger partial charge in [-0.3, -0.25) is 4.79 Å². The van der Waals surface area contributed by atoms with Gasteiger partial charge < -0.3 is 4.23 Å². The SMILES string of the molecule is C[Si](C)(C)N(C1CCCCC1C(=O)S)[Si](C)(C)C. The lowest BCUT2D eigenvalue weighted by Gasteiger charge is -2.52. The molecule has 0 aromatic rings. The van der Waals surface area contributed by atoms with Gasteiger partial charge in [0.1, 0.15) is 16.5 Å². The Hall–Kier alpha value is 0.414. The van der Waals surface area contributed by atoms with Crippen LogP contribution in [0, 0.1) is 5.92 Å². The lowest BCUT2D eigenvalue weighted by atomic mass is 9.86. The predicted octanol–water partition coefficient (Wildman–Crippen LogP) is 3.97. The van der Waals surface area contributed by atoms with Gasteiger partial charge in [-0.25, -0.2) is 0 Å². The van der Waals surface area contributed by atoms with Gasteiger partial charge in [-0.1, -0.05) is 52.1 Å². The highest BCUT2D eigenvalue weighted by atomic mass is 32.1. The predicted molar refractivity (Wildman–Crippen MR) is 88.3 cm³/mol. The Morgan fingerprint density at radius 3 is 1.83 bits per heavy atom. The molecule has 2 unspecified atom stereocenters. The summed E-state index contributed by atoms with van der Waals surface area (Å²) < 4.78 is 2.80. The number of hydrogen-bond acceptors (Lipinski definition) is 2. The minimum Gasteiger partial charge on any atom is -0.342 e. The molecule has 0 aliphatic heterocycles. The molecule has 0 heterocycles. The number of nitrogens with zero attached hydrogens (tertiary/aromatic N) is 1. The van der Waals surface area contributed by atoms with E-state index in [9.17, 15) is 4.79 Å². The van der Waals surface area contributed by atoms with Crippen LogP contribution in [0.4, 0.5) is 0 Å². The first kappa shape index (κ1) is 16.5. The summed E-state index contributed by atoms with van der Waals surface area (Å²) in [4.78, 5) is 11.8. The van der Waals surface area contributed by atoms with Gasteiger partial charge in [0.25, 0.3) is 0 Å². The Balaban J connectivity index is 3.07. The average Bonchev–Trinajstić information content (AvgIpc) is 2.13. The van der Waals surface area contributed by atoms with Gasteiger partial charge in [0.2, 0.25) is 0 Å². The van der Waals surface area contributed by atoms with Gasteiger partial charge in [0.15, 0.2) is 5.12 Å². The summed E-state index contributed by atoms with van der Waals surface area (Å²) in [5.74, 6) is 0.167. The molecule has 2 nitrogen and oxygen atoms in total.